The summed E-state index contributed by atoms with van der Waals surface area (Å²) >= 11 is 0. The van der Waals surface area contributed by atoms with Crippen molar-refractivity contribution in [3.05, 3.63) is 0 Å². The van der Waals surface area contributed by atoms with Gasteiger partial charge in [-0.2, -0.15) is 0 Å². The van der Waals surface area contributed by atoms with Crippen LogP contribution in [0.1, 0.15) is 33.1 Å². The van der Waals surface area contributed by atoms with Gasteiger partial charge in [0, 0.05) is 0 Å². The second-order valence-electron chi connectivity index (χ2n) is 4.80. The van der Waals surface area contributed by atoms with Crippen molar-refractivity contribution in [3.63, 3.8) is 0 Å². The zero-order chi connectivity index (χ0) is 10.9. The monoisotopic (exact) mass is 200 g/mol. The van der Waals surface area contributed by atoms with Crippen LogP contribution < -0.4 is 0 Å². The highest BCUT2D eigenvalue weighted by molar-refractivity contribution is 5.80. The minimum Gasteiger partial charge on any atom is -0.481 e. The molecule has 4 nitrogen and oxygen atoms in total. The molecule has 2 atom stereocenters. The highest BCUT2D eigenvalue weighted by Crippen LogP contribution is 2.41. The zero-order valence-electron chi connectivity index (χ0n) is 8.49. The smallest absolute Gasteiger partial charge is 0.307 e. The molecule has 0 radical (unpaired) electrons. The normalized spacial score (nSPS) is 31.0. The van der Waals surface area contributed by atoms with Crippen LogP contribution in [0.15, 0.2) is 0 Å². The van der Waals surface area contributed by atoms with Gasteiger partial charge in [-0.15, -0.1) is 0 Å². The first kappa shape index (κ1) is 11.0. The lowest BCUT2D eigenvalue weighted by Crippen LogP contribution is -2.38. The van der Waals surface area contributed by atoms with Crippen molar-refractivity contribution in [3.8, 4) is 0 Å². The van der Waals surface area contributed by atoms with Crippen LogP contribution in [0.5, 0.6) is 0 Å². The van der Waals surface area contributed by atoms with Gasteiger partial charge in [-0.1, -0.05) is 13.8 Å². The summed E-state index contributed by atoms with van der Waals surface area (Å²) in [4.78, 5) is 21.7. The topological polar surface area (TPSA) is 74.6 Å². The van der Waals surface area contributed by atoms with Crippen LogP contribution in [0.25, 0.3) is 0 Å². The molecule has 4 heteroatoms. The number of carboxylic acids is 2. The molecule has 0 aliphatic heterocycles. The Balaban J connectivity index is 2.81. The van der Waals surface area contributed by atoms with Crippen LogP contribution in [-0.2, 0) is 9.59 Å². The van der Waals surface area contributed by atoms with Gasteiger partial charge in [0.1, 0.15) is 0 Å². The minimum atomic E-state index is -0.981. The molecule has 2 unspecified atom stereocenters. The molecule has 1 aliphatic carbocycles. The molecule has 0 bridgehead atoms. The van der Waals surface area contributed by atoms with Crippen molar-refractivity contribution in [2.24, 2.45) is 17.3 Å². The summed E-state index contributed by atoms with van der Waals surface area (Å²) in [5.41, 5.74) is -0.0466. The van der Waals surface area contributed by atoms with E-state index in [0.717, 1.165) is 6.42 Å². The van der Waals surface area contributed by atoms with E-state index in [2.05, 4.69) is 0 Å². The Bertz CT molecular complexity index is 257. The van der Waals surface area contributed by atoms with Crippen molar-refractivity contribution in [2.75, 3.05) is 0 Å². The fourth-order valence-electron chi connectivity index (χ4n) is 2.14. The summed E-state index contributed by atoms with van der Waals surface area (Å²) in [7, 11) is 0. The third-order valence-electron chi connectivity index (χ3n) is 3.02. The molecule has 0 spiro atoms. The molecule has 0 heterocycles. The number of hydrogen-bond acceptors (Lipinski definition) is 2. The second kappa shape index (κ2) is 3.59. The van der Waals surface area contributed by atoms with Crippen LogP contribution in [0.3, 0.4) is 0 Å². The molecule has 1 rings (SSSR count). The first-order valence-electron chi connectivity index (χ1n) is 4.79. The standard InChI is InChI=1S/C10H16O4/c1-10(2)4-3-6(8(11)12)7(5-10)9(13)14/h6-7H,3-5H2,1-2H3,(H,11,12)(H,13,14). The molecular weight excluding hydrogens is 184 g/mol. The van der Waals surface area contributed by atoms with Crippen molar-refractivity contribution < 1.29 is 19.8 Å². The SMILES string of the molecule is CC1(C)CCC(C(=O)O)C(C(=O)O)C1. The second-order valence-corrected chi connectivity index (χ2v) is 4.80. The van der Waals surface area contributed by atoms with E-state index >= 15 is 0 Å². The van der Waals surface area contributed by atoms with Crippen molar-refractivity contribution >= 4 is 11.9 Å². The maximum absolute atomic E-state index is 10.9. The van der Waals surface area contributed by atoms with Crippen LogP contribution in [0.4, 0.5) is 0 Å². The summed E-state index contributed by atoms with van der Waals surface area (Å²) in [6.45, 7) is 3.97. The van der Waals surface area contributed by atoms with Gasteiger partial charge in [-0.05, 0) is 24.7 Å². The third kappa shape index (κ3) is 2.25. The fourth-order valence-corrected chi connectivity index (χ4v) is 2.14. The molecule has 0 amide bonds. The quantitative estimate of drug-likeness (QED) is 0.710. The molecule has 0 saturated heterocycles. The van der Waals surface area contributed by atoms with Gasteiger partial charge in [-0.25, -0.2) is 0 Å². The van der Waals surface area contributed by atoms with Crippen molar-refractivity contribution in [1.29, 1.82) is 0 Å². The number of carboxylic acid groups (broad SMARTS) is 2. The molecule has 1 aliphatic rings. The zero-order valence-corrected chi connectivity index (χ0v) is 8.49. The molecule has 14 heavy (non-hydrogen) atoms. The van der Waals surface area contributed by atoms with E-state index in [1.807, 2.05) is 13.8 Å². The molecule has 2 N–H and O–H groups in total. The van der Waals surface area contributed by atoms with Gasteiger partial charge in [0.15, 0.2) is 0 Å². The van der Waals surface area contributed by atoms with Crippen LogP contribution in [0, 0.1) is 17.3 Å². The number of carbonyl (C=O) groups is 2. The summed E-state index contributed by atoms with van der Waals surface area (Å²) in [6.07, 6.45) is 1.71. The first-order chi connectivity index (χ1) is 6.33. The van der Waals surface area contributed by atoms with E-state index in [1.165, 1.54) is 0 Å². The predicted molar refractivity (Wildman–Crippen MR) is 49.9 cm³/mol. The third-order valence-corrected chi connectivity index (χ3v) is 3.02. The number of hydrogen-bond donors (Lipinski definition) is 2. The number of rotatable bonds is 2. The Hall–Kier alpha value is -1.06. The highest BCUT2D eigenvalue weighted by atomic mass is 16.4. The average Bonchev–Trinajstić information content (AvgIpc) is 2.01. The summed E-state index contributed by atoms with van der Waals surface area (Å²) in [5, 5.41) is 17.8. The molecular formula is C10H16O4. The lowest BCUT2D eigenvalue weighted by Gasteiger charge is -2.36. The molecule has 1 fully saturated rings. The average molecular weight is 200 g/mol. The van der Waals surface area contributed by atoms with Crippen LogP contribution in [0.2, 0.25) is 0 Å². The summed E-state index contributed by atoms with van der Waals surface area (Å²) < 4.78 is 0. The van der Waals surface area contributed by atoms with E-state index in [0.29, 0.717) is 12.8 Å². The predicted octanol–water partition coefficient (Wildman–Crippen LogP) is 1.60. The van der Waals surface area contributed by atoms with E-state index in [4.69, 9.17) is 10.2 Å². The Morgan fingerprint density at radius 3 is 2.07 bits per heavy atom. The summed E-state index contributed by atoms with van der Waals surface area (Å²) in [6, 6.07) is 0. The Labute approximate surface area is 82.9 Å². The Morgan fingerprint density at radius 2 is 1.64 bits per heavy atom. The number of aliphatic carboxylic acids is 2. The first-order valence-corrected chi connectivity index (χ1v) is 4.79. The molecule has 1 saturated carbocycles. The maximum Gasteiger partial charge on any atom is 0.307 e. The molecule has 80 valence electrons. The van der Waals surface area contributed by atoms with E-state index in [-0.39, 0.29) is 5.41 Å². The van der Waals surface area contributed by atoms with Crippen molar-refractivity contribution in [1.82, 2.24) is 0 Å². The van der Waals surface area contributed by atoms with E-state index in [1.54, 1.807) is 0 Å². The lowest BCUT2D eigenvalue weighted by atomic mass is 9.67. The summed E-state index contributed by atoms with van der Waals surface area (Å²) in [5.74, 6) is -3.39. The largest absolute Gasteiger partial charge is 0.481 e. The van der Waals surface area contributed by atoms with Crippen LogP contribution >= 0.6 is 0 Å². The Morgan fingerprint density at radius 1 is 1.14 bits per heavy atom. The van der Waals surface area contributed by atoms with Gasteiger partial charge in [-0.3, -0.25) is 9.59 Å². The fraction of sp³-hybridized carbons (Fsp3) is 0.800. The molecule has 0 aromatic rings. The van der Waals surface area contributed by atoms with Gasteiger partial charge >= 0.3 is 11.9 Å². The van der Waals surface area contributed by atoms with E-state index in [9.17, 15) is 9.59 Å². The van der Waals surface area contributed by atoms with E-state index < -0.39 is 23.8 Å². The molecule has 0 aromatic heterocycles. The molecule has 0 aromatic carbocycles. The van der Waals surface area contributed by atoms with Crippen LogP contribution in [-0.4, -0.2) is 22.2 Å². The highest BCUT2D eigenvalue weighted by Gasteiger charge is 2.42. The van der Waals surface area contributed by atoms with Gasteiger partial charge in [0.2, 0.25) is 0 Å². The van der Waals surface area contributed by atoms with Gasteiger partial charge in [0.05, 0.1) is 11.8 Å². The maximum atomic E-state index is 10.9. The Kier molecular flexibility index (Phi) is 2.83. The van der Waals surface area contributed by atoms with Crippen molar-refractivity contribution in [2.45, 2.75) is 33.1 Å². The lowest BCUT2D eigenvalue weighted by molar-refractivity contribution is -0.157. The van der Waals surface area contributed by atoms with Gasteiger partial charge < -0.3 is 10.2 Å². The van der Waals surface area contributed by atoms with Gasteiger partial charge in [0.25, 0.3) is 0 Å². The minimum absolute atomic E-state index is 0.0466.